The summed E-state index contributed by atoms with van der Waals surface area (Å²) >= 11 is 0. The van der Waals surface area contributed by atoms with Crippen molar-refractivity contribution in [2.75, 3.05) is 44.6 Å². The van der Waals surface area contributed by atoms with Crippen molar-refractivity contribution in [2.24, 2.45) is 5.92 Å². The summed E-state index contributed by atoms with van der Waals surface area (Å²) in [7, 11) is 0. The molecule has 1 aromatic rings. The average molecular weight is 233 g/mol. The maximum absolute atomic E-state index is 3.49. The van der Waals surface area contributed by atoms with Gasteiger partial charge in [0.2, 0.25) is 0 Å². The molecule has 1 aromatic carbocycles. The third-order valence-electron chi connectivity index (χ3n) is 3.21. The van der Waals surface area contributed by atoms with Gasteiger partial charge in [0.25, 0.3) is 0 Å². The molecule has 1 aliphatic rings. The van der Waals surface area contributed by atoms with Gasteiger partial charge in [-0.05, 0) is 18.1 Å². The summed E-state index contributed by atoms with van der Waals surface area (Å²) in [6.07, 6.45) is 0. The summed E-state index contributed by atoms with van der Waals surface area (Å²) < 4.78 is 0. The van der Waals surface area contributed by atoms with E-state index in [2.05, 4.69) is 52.8 Å². The highest BCUT2D eigenvalue weighted by Gasteiger charge is 2.12. The Morgan fingerprint density at radius 1 is 1.24 bits per heavy atom. The molecule has 1 fully saturated rings. The largest absolute Gasteiger partial charge is 0.385 e. The number of anilines is 1. The van der Waals surface area contributed by atoms with Crippen molar-refractivity contribution in [1.82, 2.24) is 10.2 Å². The van der Waals surface area contributed by atoms with Gasteiger partial charge in [0.05, 0.1) is 0 Å². The Balaban J connectivity index is 1.68. The van der Waals surface area contributed by atoms with Gasteiger partial charge in [0, 0.05) is 45.0 Å². The summed E-state index contributed by atoms with van der Waals surface area (Å²) in [5, 5.41) is 6.88. The van der Waals surface area contributed by atoms with Crippen LogP contribution in [0, 0.1) is 5.92 Å². The fourth-order valence-electron chi connectivity index (χ4n) is 2.25. The van der Waals surface area contributed by atoms with Crippen LogP contribution in [0.4, 0.5) is 5.69 Å². The number of benzene rings is 1. The maximum atomic E-state index is 3.49. The lowest BCUT2D eigenvalue weighted by Crippen LogP contribution is -2.45. The van der Waals surface area contributed by atoms with E-state index < -0.39 is 0 Å². The topological polar surface area (TPSA) is 27.3 Å². The predicted molar refractivity (Wildman–Crippen MR) is 73.4 cm³/mol. The summed E-state index contributed by atoms with van der Waals surface area (Å²) in [4.78, 5) is 2.55. The van der Waals surface area contributed by atoms with E-state index in [1.165, 1.54) is 25.3 Å². The number of nitrogens with one attached hydrogen (secondary N) is 2. The van der Waals surface area contributed by atoms with E-state index in [1.54, 1.807) is 0 Å². The molecule has 0 saturated carbocycles. The number of hydrogen-bond acceptors (Lipinski definition) is 3. The molecule has 1 atom stereocenters. The van der Waals surface area contributed by atoms with Crippen molar-refractivity contribution in [1.29, 1.82) is 0 Å². The first-order valence-electron chi connectivity index (χ1n) is 6.56. The smallest absolute Gasteiger partial charge is 0.0340 e. The second kappa shape index (κ2) is 6.62. The van der Waals surface area contributed by atoms with Gasteiger partial charge < -0.3 is 15.5 Å². The second-order valence-electron chi connectivity index (χ2n) is 4.90. The second-order valence-corrected chi connectivity index (χ2v) is 4.90. The highest BCUT2D eigenvalue weighted by Crippen LogP contribution is 2.07. The molecule has 0 spiro atoms. The highest BCUT2D eigenvalue weighted by atomic mass is 15.2. The molecule has 0 radical (unpaired) electrons. The van der Waals surface area contributed by atoms with Crippen LogP contribution in [0.25, 0.3) is 0 Å². The fourth-order valence-corrected chi connectivity index (χ4v) is 2.25. The maximum Gasteiger partial charge on any atom is 0.0340 e. The third-order valence-corrected chi connectivity index (χ3v) is 3.21. The van der Waals surface area contributed by atoms with Crippen molar-refractivity contribution >= 4 is 5.69 Å². The minimum absolute atomic E-state index is 0.688. The molecule has 2 N–H and O–H groups in total. The zero-order chi connectivity index (χ0) is 11.9. The minimum atomic E-state index is 0.688. The standard InChI is InChI=1S/C14H23N3/c1-13(12-17-9-7-15-8-10-17)11-16-14-5-3-2-4-6-14/h2-6,13,15-16H,7-12H2,1H3. The number of hydrogen-bond donors (Lipinski definition) is 2. The molecular formula is C14H23N3. The summed E-state index contributed by atoms with van der Waals surface area (Å²) in [5.74, 6) is 0.688. The van der Waals surface area contributed by atoms with E-state index in [0.717, 1.165) is 19.6 Å². The SMILES string of the molecule is CC(CNc1ccccc1)CN1CCNCC1. The summed E-state index contributed by atoms with van der Waals surface area (Å²) in [6.45, 7) is 9.22. The zero-order valence-corrected chi connectivity index (χ0v) is 10.7. The van der Waals surface area contributed by atoms with Gasteiger partial charge in [-0.3, -0.25) is 0 Å². The van der Waals surface area contributed by atoms with Crippen molar-refractivity contribution in [3.05, 3.63) is 30.3 Å². The molecule has 3 nitrogen and oxygen atoms in total. The van der Waals surface area contributed by atoms with E-state index >= 15 is 0 Å². The lowest BCUT2D eigenvalue weighted by atomic mass is 10.1. The van der Waals surface area contributed by atoms with Gasteiger partial charge in [-0.1, -0.05) is 25.1 Å². The van der Waals surface area contributed by atoms with Gasteiger partial charge in [-0.25, -0.2) is 0 Å². The highest BCUT2D eigenvalue weighted by molar-refractivity contribution is 5.42. The molecule has 1 heterocycles. The molecule has 0 bridgehead atoms. The quantitative estimate of drug-likeness (QED) is 0.809. The van der Waals surface area contributed by atoms with Crippen LogP contribution < -0.4 is 10.6 Å². The Labute approximate surface area is 104 Å². The van der Waals surface area contributed by atoms with Crippen molar-refractivity contribution in [3.63, 3.8) is 0 Å². The molecule has 1 aliphatic heterocycles. The van der Waals surface area contributed by atoms with Crippen LogP contribution in [-0.2, 0) is 0 Å². The Morgan fingerprint density at radius 2 is 1.94 bits per heavy atom. The molecule has 3 heteroatoms. The zero-order valence-electron chi connectivity index (χ0n) is 10.7. The molecule has 0 aliphatic carbocycles. The summed E-state index contributed by atoms with van der Waals surface area (Å²) in [6, 6.07) is 10.4. The number of rotatable bonds is 5. The molecule has 94 valence electrons. The molecule has 1 unspecified atom stereocenters. The van der Waals surface area contributed by atoms with Gasteiger partial charge >= 0.3 is 0 Å². The van der Waals surface area contributed by atoms with E-state index in [9.17, 15) is 0 Å². The van der Waals surface area contributed by atoms with Crippen LogP contribution >= 0.6 is 0 Å². The van der Waals surface area contributed by atoms with Crippen LogP contribution in [-0.4, -0.2) is 44.2 Å². The van der Waals surface area contributed by atoms with E-state index in [4.69, 9.17) is 0 Å². The minimum Gasteiger partial charge on any atom is -0.385 e. The van der Waals surface area contributed by atoms with Crippen LogP contribution in [0.5, 0.6) is 0 Å². The van der Waals surface area contributed by atoms with Crippen LogP contribution in [0.2, 0.25) is 0 Å². The first-order chi connectivity index (χ1) is 8.34. The van der Waals surface area contributed by atoms with Gasteiger partial charge in [-0.15, -0.1) is 0 Å². The monoisotopic (exact) mass is 233 g/mol. The van der Waals surface area contributed by atoms with Crippen molar-refractivity contribution in [3.8, 4) is 0 Å². The number of piperazine rings is 1. The lowest BCUT2D eigenvalue weighted by molar-refractivity contribution is 0.215. The Bertz CT molecular complexity index is 307. The first kappa shape index (κ1) is 12.4. The van der Waals surface area contributed by atoms with Gasteiger partial charge in [0.15, 0.2) is 0 Å². The Kier molecular flexibility index (Phi) is 4.83. The lowest BCUT2D eigenvalue weighted by Gasteiger charge is -2.29. The molecule has 0 aromatic heterocycles. The fraction of sp³-hybridized carbons (Fsp3) is 0.571. The number of nitrogens with zero attached hydrogens (tertiary/aromatic N) is 1. The molecular weight excluding hydrogens is 210 g/mol. The molecule has 1 saturated heterocycles. The van der Waals surface area contributed by atoms with Crippen LogP contribution in [0.3, 0.4) is 0 Å². The molecule has 0 amide bonds. The normalized spacial score (nSPS) is 18.9. The average Bonchev–Trinajstić information content (AvgIpc) is 2.39. The van der Waals surface area contributed by atoms with E-state index in [-0.39, 0.29) is 0 Å². The molecule has 17 heavy (non-hydrogen) atoms. The van der Waals surface area contributed by atoms with Crippen LogP contribution in [0.1, 0.15) is 6.92 Å². The van der Waals surface area contributed by atoms with Crippen molar-refractivity contribution < 1.29 is 0 Å². The van der Waals surface area contributed by atoms with E-state index in [1.807, 2.05) is 0 Å². The van der Waals surface area contributed by atoms with Gasteiger partial charge in [-0.2, -0.15) is 0 Å². The van der Waals surface area contributed by atoms with Crippen LogP contribution in [0.15, 0.2) is 30.3 Å². The summed E-state index contributed by atoms with van der Waals surface area (Å²) in [5.41, 5.74) is 1.22. The third kappa shape index (κ3) is 4.36. The number of para-hydroxylation sites is 1. The molecule has 2 rings (SSSR count). The Hall–Kier alpha value is -1.06. The van der Waals surface area contributed by atoms with E-state index in [0.29, 0.717) is 5.92 Å². The first-order valence-corrected chi connectivity index (χ1v) is 6.56. The van der Waals surface area contributed by atoms with Gasteiger partial charge in [0.1, 0.15) is 0 Å². The van der Waals surface area contributed by atoms with Crippen molar-refractivity contribution in [2.45, 2.75) is 6.92 Å². The predicted octanol–water partition coefficient (Wildman–Crippen LogP) is 1.64. The Morgan fingerprint density at radius 3 is 2.65 bits per heavy atom.